The number of alkyl halides is 1. The number of amides is 2. The number of aliphatic hydroxyl groups is 1. The van der Waals surface area contributed by atoms with Crippen molar-refractivity contribution in [3.05, 3.63) is 46.0 Å². The second kappa shape index (κ2) is 10.6. The van der Waals surface area contributed by atoms with Crippen molar-refractivity contribution in [1.82, 2.24) is 19.6 Å². The fourth-order valence-electron chi connectivity index (χ4n) is 5.93. The molecule has 38 heavy (non-hydrogen) atoms. The number of hydrogen-bond acceptors (Lipinski definition) is 5. The number of fused-ring (bicyclic) bond motifs is 1. The van der Waals surface area contributed by atoms with E-state index in [1.165, 1.54) is 6.07 Å². The predicted octanol–water partition coefficient (Wildman–Crippen LogP) is 2.80. The maximum atomic E-state index is 14.4. The largest absolute Gasteiger partial charge is 0.393 e. The molecule has 0 spiro atoms. The number of aliphatic hydroxyl groups excluding tert-OH is 1. The third-order valence-corrected chi connectivity index (χ3v) is 8.64. The number of halogens is 2. The first kappa shape index (κ1) is 26.6. The highest BCUT2D eigenvalue weighted by molar-refractivity contribution is 5.94. The molecule has 206 valence electrons. The Bertz CT molecular complexity index is 1210. The summed E-state index contributed by atoms with van der Waals surface area (Å²) in [5, 5.41) is 13.9. The van der Waals surface area contributed by atoms with E-state index in [4.69, 9.17) is 0 Å². The van der Waals surface area contributed by atoms with Crippen LogP contribution in [0.4, 0.5) is 14.5 Å². The van der Waals surface area contributed by atoms with Crippen LogP contribution in [0, 0.1) is 19.7 Å². The van der Waals surface area contributed by atoms with E-state index in [0.29, 0.717) is 37.4 Å². The van der Waals surface area contributed by atoms with Crippen molar-refractivity contribution in [1.29, 1.82) is 0 Å². The Morgan fingerprint density at radius 2 is 1.66 bits per heavy atom. The summed E-state index contributed by atoms with van der Waals surface area (Å²) in [5.74, 6) is -0.455. The minimum absolute atomic E-state index is 0.0327. The van der Waals surface area contributed by atoms with Gasteiger partial charge in [0.1, 0.15) is 18.0 Å². The number of piperazine rings is 1. The molecule has 3 heterocycles. The molecule has 3 aliphatic rings. The number of carbonyl (C=O) groups excluding carboxylic acids is 2. The zero-order valence-electron chi connectivity index (χ0n) is 22.3. The Kier molecular flexibility index (Phi) is 7.44. The number of carbonyl (C=O) groups is 2. The number of piperidine rings is 1. The average Bonchev–Trinajstić information content (AvgIpc) is 3.30. The lowest BCUT2D eigenvalue weighted by Crippen LogP contribution is -2.50. The van der Waals surface area contributed by atoms with E-state index in [1.54, 1.807) is 16.5 Å². The van der Waals surface area contributed by atoms with Crippen molar-refractivity contribution in [2.45, 2.75) is 64.6 Å². The van der Waals surface area contributed by atoms with Gasteiger partial charge in [-0.05, 0) is 62.8 Å². The van der Waals surface area contributed by atoms with E-state index < -0.39 is 12.3 Å². The number of aromatic nitrogens is 2. The maximum Gasteiger partial charge on any atom is 0.274 e. The average molecular weight is 530 g/mol. The first-order valence-electron chi connectivity index (χ1n) is 13.7. The predicted molar refractivity (Wildman–Crippen MR) is 140 cm³/mol. The second-order valence-electron chi connectivity index (χ2n) is 10.9. The van der Waals surface area contributed by atoms with Gasteiger partial charge < -0.3 is 19.8 Å². The molecule has 0 atom stereocenters. The van der Waals surface area contributed by atoms with E-state index in [-0.39, 0.29) is 50.1 Å². The molecule has 2 aliphatic heterocycles. The molecule has 8 nitrogen and oxygen atoms in total. The topological polar surface area (TPSA) is 81.9 Å². The van der Waals surface area contributed by atoms with Crippen molar-refractivity contribution < 1.29 is 23.5 Å². The molecular formula is C28H37F2N5O3. The van der Waals surface area contributed by atoms with Crippen molar-refractivity contribution in [3.8, 4) is 0 Å². The number of nitrogens with zero attached hydrogens (tertiary/aromatic N) is 5. The van der Waals surface area contributed by atoms with Crippen molar-refractivity contribution in [3.63, 3.8) is 0 Å². The van der Waals surface area contributed by atoms with Crippen LogP contribution in [0.15, 0.2) is 12.1 Å². The molecule has 2 fully saturated rings. The van der Waals surface area contributed by atoms with Crippen LogP contribution in [0.5, 0.6) is 0 Å². The number of likely N-dealkylation sites (tertiary alicyclic amines) is 1. The summed E-state index contributed by atoms with van der Waals surface area (Å²) in [7, 11) is 0. The van der Waals surface area contributed by atoms with Crippen molar-refractivity contribution in [2.75, 3.05) is 50.8 Å². The van der Waals surface area contributed by atoms with Crippen LogP contribution in [0.2, 0.25) is 0 Å². The van der Waals surface area contributed by atoms with Gasteiger partial charge in [0.05, 0.1) is 6.61 Å². The SMILES string of the molecule is Cc1c(F)ccc(N2CCN(C(=O)Cn3nc(C(=O)N4CCC(F)(CO)CC4)c4c3CCCC4)CC2)c1C. The van der Waals surface area contributed by atoms with Gasteiger partial charge in [0.2, 0.25) is 5.91 Å². The van der Waals surface area contributed by atoms with Gasteiger partial charge in [-0.3, -0.25) is 14.3 Å². The lowest BCUT2D eigenvalue weighted by Gasteiger charge is -2.37. The van der Waals surface area contributed by atoms with E-state index in [0.717, 1.165) is 48.2 Å². The third kappa shape index (κ3) is 5.02. The Hall–Kier alpha value is -3.01. The summed E-state index contributed by atoms with van der Waals surface area (Å²) in [4.78, 5) is 32.3. The third-order valence-electron chi connectivity index (χ3n) is 8.64. The molecule has 2 saturated heterocycles. The standard InChI is InChI=1S/C28H37F2N5O3/c1-19-20(2)23(8-7-22(19)29)32-13-15-33(16-14-32)25(37)17-35-24-6-4-3-5-21(24)26(31-35)27(38)34-11-9-28(30,18-36)10-12-34/h7-8,36H,3-6,9-18H2,1-2H3. The number of anilines is 1. The Morgan fingerprint density at radius 1 is 0.974 bits per heavy atom. The summed E-state index contributed by atoms with van der Waals surface area (Å²) in [6.07, 6.45) is 3.70. The molecule has 1 aromatic carbocycles. The molecule has 5 rings (SSSR count). The zero-order chi connectivity index (χ0) is 27.0. The van der Waals surface area contributed by atoms with Crippen LogP contribution in [0.3, 0.4) is 0 Å². The molecule has 2 aromatic rings. The zero-order valence-corrected chi connectivity index (χ0v) is 22.3. The van der Waals surface area contributed by atoms with Gasteiger partial charge in [-0.15, -0.1) is 0 Å². The van der Waals surface area contributed by atoms with Gasteiger partial charge in [-0.25, -0.2) is 8.78 Å². The summed E-state index contributed by atoms with van der Waals surface area (Å²) < 4.78 is 30.1. The summed E-state index contributed by atoms with van der Waals surface area (Å²) >= 11 is 0. The number of rotatable bonds is 5. The van der Waals surface area contributed by atoms with Crippen LogP contribution >= 0.6 is 0 Å². The first-order chi connectivity index (χ1) is 18.2. The summed E-state index contributed by atoms with van der Waals surface area (Å²) in [6.45, 7) is 6.21. The fraction of sp³-hybridized carbons (Fsp3) is 0.607. The summed E-state index contributed by atoms with van der Waals surface area (Å²) in [6, 6.07) is 3.31. The Labute approximate surface area is 222 Å². The van der Waals surface area contributed by atoms with E-state index in [2.05, 4.69) is 10.00 Å². The quantitative estimate of drug-likeness (QED) is 0.644. The highest BCUT2D eigenvalue weighted by Crippen LogP contribution is 2.30. The van der Waals surface area contributed by atoms with Gasteiger partial charge >= 0.3 is 0 Å². The van der Waals surface area contributed by atoms with E-state index >= 15 is 0 Å². The van der Waals surface area contributed by atoms with E-state index in [9.17, 15) is 23.5 Å². The Morgan fingerprint density at radius 3 is 2.34 bits per heavy atom. The highest BCUT2D eigenvalue weighted by Gasteiger charge is 2.37. The molecule has 10 heteroatoms. The minimum atomic E-state index is -1.62. The monoisotopic (exact) mass is 529 g/mol. The molecule has 0 unspecified atom stereocenters. The van der Waals surface area contributed by atoms with Gasteiger partial charge in [0.15, 0.2) is 5.69 Å². The van der Waals surface area contributed by atoms with Gasteiger partial charge in [0, 0.05) is 69.1 Å². The van der Waals surface area contributed by atoms with Crippen molar-refractivity contribution in [2.24, 2.45) is 0 Å². The van der Waals surface area contributed by atoms with Crippen LogP contribution in [0.25, 0.3) is 0 Å². The highest BCUT2D eigenvalue weighted by atomic mass is 19.1. The molecule has 1 aliphatic carbocycles. The van der Waals surface area contributed by atoms with Crippen LogP contribution in [-0.2, 0) is 24.2 Å². The fourth-order valence-corrected chi connectivity index (χ4v) is 5.93. The van der Waals surface area contributed by atoms with Gasteiger partial charge in [0.25, 0.3) is 5.91 Å². The lowest BCUT2D eigenvalue weighted by atomic mass is 9.93. The molecule has 2 amide bonds. The van der Waals surface area contributed by atoms with Crippen LogP contribution in [-0.4, -0.2) is 88.0 Å². The van der Waals surface area contributed by atoms with Gasteiger partial charge in [-0.1, -0.05) is 0 Å². The maximum absolute atomic E-state index is 14.4. The Balaban J connectivity index is 1.26. The smallest absolute Gasteiger partial charge is 0.274 e. The van der Waals surface area contributed by atoms with Gasteiger partial charge in [-0.2, -0.15) is 5.10 Å². The molecule has 1 aromatic heterocycles. The number of hydrogen-bond donors (Lipinski definition) is 1. The van der Waals surface area contributed by atoms with Crippen LogP contribution < -0.4 is 4.90 Å². The molecule has 0 bridgehead atoms. The van der Waals surface area contributed by atoms with Crippen molar-refractivity contribution >= 4 is 17.5 Å². The molecular weight excluding hydrogens is 492 g/mol. The molecule has 0 radical (unpaired) electrons. The lowest BCUT2D eigenvalue weighted by molar-refractivity contribution is -0.132. The minimum Gasteiger partial charge on any atom is -0.393 e. The second-order valence-corrected chi connectivity index (χ2v) is 10.9. The molecule has 0 saturated carbocycles. The van der Waals surface area contributed by atoms with Crippen LogP contribution in [0.1, 0.15) is 58.6 Å². The molecule has 1 N–H and O–H groups in total. The normalized spacial score (nSPS) is 19.4. The summed E-state index contributed by atoms with van der Waals surface area (Å²) in [5.41, 5.74) is 3.21. The van der Waals surface area contributed by atoms with E-state index in [1.807, 2.05) is 17.9 Å². The first-order valence-corrected chi connectivity index (χ1v) is 13.7. The number of benzene rings is 1.